The molecule has 0 bridgehead atoms. The molecule has 0 aliphatic heterocycles. The molecule has 1 amide bonds. The van der Waals surface area contributed by atoms with Gasteiger partial charge in [0.05, 0.1) is 11.2 Å². The van der Waals surface area contributed by atoms with Gasteiger partial charge in [-0.25, -0.2) is 4.98 Å². The van der Waals surface area contributed by atoms with Gasteiger partial charge in [-0.15, -0.1) is 0 Å². The molecule has 1 aromatic carbocycles. The number of nitrogens with zero attached hydrogens (tertiary/aromatic N) is 2. The average molecular weight is 278 g/mol. The first kappa shape index (κ1) is 13.1. The monoisotopic (exact) mass is 278 g/mol. The third-order valence-corrected chi connectivity index (χ3v) is 3.19. The van der Waals surface area contributed by atoms with Crippen LogP contribution in [0, 0.1) is 0 Å². The molecule has 3 aromatic rings. The van der Waals surface area contributed by atoms with Crippen molar-refractivity contribution in [2.75, 3.05) is 5.73 Å². The van der Waals surface area contributed by atoms with Crippen LogP contribution in [-0.2, 0) is 6.54 Å². The highest BCUT2D eigenvalue weighted by Crippen LogP contribution is 2.18. The van der Waals surface area contributed by atoms with E-state index >= 15 is 0 Å². The molecule has 5 nitrogen and oxygen atoms in total. The van der Waals surface area contributed by atoms with Crippen molar-refractivity contribution < 1.29 is 4.79 Å². The number of hydrogen-bond donors (Lipinski definition) is 2. The number of nitrogens with two attached hydrogens (primary N) is 1. The summed E-state index contributed by atoms with van der Waals surface area (Å²) in [6.45, 7) is 0.436. The number of aromatic nitrogens is 2. The van der Waals surface area contributed by atoms with Crippen molar-refractivity contribution in [2.45, 2.75) is 6.54 Å². The van der Waals surface area contributed by atoms with Crippen LogP contribution in [0.3, 0.4) is 0 Å². The smallest absolute Gasteiger partial charge is 0.270 e. The zero-order valence-electron chi connectivity index (χ0n) is 11.3. The zero-order valence-corrected chi connectivity index (χ0v) is 11.3. The van der Waals surface area contributed by atoms with Crippen molar-refractivity contribution in [3.63, 3.8) is 0 Å². The molecule has 2 aromatic heterocycles. The van der Waals surface area contributed by atoms with E-state index in [0.29, 0.717) is 23.4 Å². The number of pyridine rings is 2. The van der Waals surface area contributed by atoms with Crippen LogP contribution < -0.4 is 11.1 Å². The average Bonchev–Trinajstić information content (AvgIpc) is 2.54. The number of fused-ring (bicyclic) bond motifs is 1. The van der Waals surface area contributed by atoms with Crippen LogP contribution in [0.25, 0.3) is 10.9 Å². The van der Waals surface area contributed by atoms with Gasteiger partial charge in [0.1, 0.15) is 5.69 Å². The first-order valence-electron chi connectivity index (χ1n) is 6.56. The van der Waals surface area contributed by atoms with Crippen LogP contribution in [0.15, 0.2) is 54.9 Å². The Labute approximate surface area is 121 Å². The fraction of sp³-hybridized carbons (Fsp3) is 0.0625. The molecule has 0 fully saturated rings. The van der Waals surface area contributed by atoms with Crippen LogP contribution in [0.5, 0.6) is 0 Å². The van der Waals surface area contributed by atoms with Gasteiger partial charge in [0.15, 0.2) is 0 Å². The Morgan fingerprint density at radius 1 is 1.10 bits per heavy atom. The first-order valence-corrected chi connectivity index (χ1v) is 6.56. The molecule has 5 heteroatoms. The van der Waals surface area contributed by atoms with E-state index in [1.165, 1.54) is 0 Å². The van der Waals surface area contributed by atoms with E-state index < -0.39 is 0 Å². The molecular weight excluding hydrogens is 264 g/mol. The summed E-state index contributed by atoms with van der Waals surface area (Å²) in [6, 6.07) is 12.8. The van der Waals surface area contributed by atoms with Crippen LogP contribution in [-0.4, -0.2) is 15.9 Å². The number of nitrogen functional groups attached to an aromatic ring is 1. The van der Waals surface area contributed by atoms with Crippen LogP contribution in [0.4, 0.5) is 5.69 Å². The lowest BCUT2D eigenvalue weighted by Gasteiger charge is -2.06. The molecule has 0 atom stereocenters. The van der Waals surface area contributed by atoms with Gasteiger partial charge in [0.25, 0.3) is 5.91 Å². The van der Waals surface area contributed by atoms with Crippen molar-refractivity contribution in [1.29, 1.82) is 0 Å². The number of para-hydroxylation sites is 1. The lowest BCUT2D eigenvalue weighted by atomic mass is 10.1. The fourth-order valence-corrected chi connectivity index (χ4v) is 2.07. The number of carbonyl (C=O) groups excluding carboxylic acids is 1. The SMILES string of the molecule is Nc1cccc2ccc(C(=O)NCc3ccncc3)nc12. The maximum absolute atomic E-state index is 12.1. The van der Waals surface area contributed by atoms with E-state index in [1.807, 2.05) is 30.3 Å². The van der Waals surface area contributed by atoms with Crippen LogP contribution in [0.2, 0.25) is 0 Å². The summed E-state index contributed by atoms with van der Waals surface area (Å²) in [6.07, 6.45) is 3.38. The second-order valence-corrected chi connectivity index (χ2v) is 4.65. The van der Waals surface area contributed by atoms with Crippen molar-refractivity contribution in [3.8, 4) is 0 Å². The minimum Gasteiger partial charge on any atom is -0.397 e. The molecule has 2 heterocycles. The summed E-state index contributed by atoms with van der Waals surface area (Å²) in [7, 11) is 0. The standard InChI is InChI=1S/C16H14N4O/c17-13-3-1-2-12-4-5-14(20-15(12)13)16(21)19-10-11-6-8-18-9-7-11/h1-9H,10,17H2,(H,19,21). The van der Waals surface area contributed by atoms with Gasteiger partial charge in [-0.2, -0.15) is 0 Å². The van der Waals surface area contributed by atoms with Gasteiger partial charge in [-0.05, 0) is 29.8 Å². The van der Waals surface area contributed by atoms with Crippen molar-refractivity contribution >= 4 is 22.5 Å². The number of amides is 1. The van der Waals surface area contributed by atoms with Gasteiger partial charge in [0, 0.05) is 24.3 Å². The molecule has 0 spiro atoms. The summed E-state index contributed by atoms with van der Waals surface area (Å²) in [5.41, 5.74) is 8.44. The largest absolute Gasteiger partial charge is 0.397 e. The van der Waals surface area contributed by atoms with Crippen LogP contribution >= 0.6 is 0 Å². The maximum atomic E-state index is 12.1. The molecule has 0 aliphatic rings. The second-order valence-electron chi connectivity index (χ2n) is 4.65. The highest BCUT2D eigenvalue weighted by molar-refractivity contribution is 5.97. The molecule has 3 N–H and O–H groups in total. The number of benzene rings is 1. The van der Waals surface area contributed by atoms with E-state index in [1.54, 1.807) is 24.5 Å². The Kier molecular flexibility index (Phi) is 3.47. The summed E-state index contributed by atoms with van der Waals surface area (Å²) < 4.78 is 0. The molecule has 3 rings (SSSR count). The molecule has 21 heavy (non-hydrogen) atoms. The van der Waals surface area contributed by atoms with Crippen molar-refractivity contribution in [3.05, 3.63) is 66.1 Å². The van der Waals surface area contributed by atoms with E-state index in [9.17, 15) is 4.79 Å². The molecule has 104 valence electrons. The van der Waals surface area contributed by atoms with E-state index in [2.05, 4.69) is 15.3 Å². The second kappa shape index (κ2) is 5.58. The van der Waals surface area contributed by atoms with Gasteiger partial charge < -0.3 is 11.1 Å². The zero-order chi connectivity index (χ0) is 14.7. The first-order chi connectivity index (χ1) is 10.2. The number of hydrogen-bond acceptors (Lipinski definition) is 4. The minimum atomic E-state index is -0.225. The fourth-order valence-electron chi connectivity index (χ4n) is 2.07. The molecule has 0 unspecified atom stereocenters. The van der Waals surface area contributed by atoms with Crippen molar-refractivity contribution in [1.82, 2.24) is 15.3 Å². The molecular formula is C16H14N4O. The Bertz CT molecular complexity index is 787. The normalized spacial score (nSPS) is 10.5. The predicted octanol–water partition coefficient (Wildman–Crippen LogP) is 2.14. The summed E-state index contributed by atoms with van der Waals surface area (Å²) in [4.78, 5) is 20.4. The van der Waals surface area contributed by atoms with E-state index in [-0.39, 0.29) is 5.91 Å². The highest BCUT2D eigenvalue weighted by Gasteiger charge is 2.09. The summed E-state index contributed by atoms with van der Waals surface area (Å²) in [5, 5.41) is 3.75. The highest BCUT2D eigenvalue weighted by atomic mass is 16.1. The number of carbonyl (C=O) groups is 1. The predicted molar refractivity (Wildman–Crippen MR) is 81.6 cm³/mol. The van der Waals surface area contributed by atoms with E-state index in [4.69, 9.17) is 5.73 Å². The topological polar surface area (TPSA) is 80.9 Å². The molecule has 0 saturated carbocycles. The van der Waals surface area contributed by atoms with Gasteiger partial charge >= 0.3 is 0 Å². The lowest BCUT2D eigenvalue weighted by Crippen LogP contribution is -2.23. The molecule has 0 radical (unpaired) electrons. The number of rotatable bonds is 3. The minimum absolute atomic E-state index is 0.225. The summed E-state index contributed by atoms with van der Waals surface area (Å²) >= 11 is 0. The Morgan fingerprint density at radius 2 is 1.90 bits per heavy atom. The molecule has 0 aliphatic carbocycles. The van der Waals surface area contributed by atoms with Crippen LogP contribution in [0.1, 0.15) is 16.1 Å². The molecule has 0 saturated heterocycles. The van der Waals surface area contributed by atoms with Gasteiger partial charge in [-0.1, -0.05) is 18.2 Å². The number of anilines is 1. The maximum Gasteiger partial charge on any atom is 0.270 e. The Balaban J connectivity index is 1.80. The van der Waals surface area contributed by atoms with Gasteiger partial charge in [-0.3, -0.25) is 9.78 Å². The quantitative estimate of drug-likeness (QED) is 0.719. The third-order valence-electron chi connectivity index (χ3n) is 3.19. The van der Waals surface area contributed by atoms with Gasteiger partial charge in [0.2, 0.25) is 0 Å². The van der Waals surface area contributed by atoms with E-state index in [0.717, 1.165) is 10.9 Å². The Morgan fingerprint density at radius 3 is 2.71 bits per heavy atom. The summed E-state index contributed by atoms with van der Waals surface area (Å²) in [5.74, 6) is -0.225. The number of nitrogens with one attached hydrogen (secondary N) is 1. The third kappa shape index (κ3) is 2.81. The lowest BCUT2D eigenvalue weighted by molar-refractivity contribution is 0.0946. The Hall–Kier alpha value is -2.95. The van der Waals surface area contributed by atoms with Crippen molar-refractivity contribution in [2.24, 2.45) is 0 Å².